The maximum absolute atomic E-state index is 9.80. The molecule has 0 heterocycles. The maximum atomic E-state index is 9.80. The Morgan fingerprint density at radius 3 is 2.33 bits per heavy atom. The molecule has 0 aliphatic heterocycles. The molecule has 0 fully saturated rings. The van der Waals surface area contributed by atoms with E-state index in [2.05, 4.69) is 48.0 Å². The van der Waals surface area contributed by atoms with E-state index < -0.39 is 12.2 Å². The fraction of sp³-hybridized carbons (Fsp3) is 0.600. The highest BCUT2D eigenvalue weighted by atomic mass is 79.9. The molecule has 3 atom stereocenters. The maximum Gasteiger partial charge on any atom is 0.0802 e. The Balaban J connectivity index is 2.85. The number of aryl methyl sites for hydroxylation is 1. The summed E-state index contributed by atoms with van der Waals surface area (Å²) >= 11 is 3.59. The van der Waals surface area contributed by atoms with Gasteiger partial charge in [-0.2, -0.15) is 0 Å². The second-order valence-corrected chi connectivity index (χ2v) is 5.71. The van der Waals surface area contributed by atoms with Gasteiger partial charge in [0, 0.05) is 4.47 Å². The molecule has 0 radical (unpaired) electrons. The molecule has 0 spiro atoms. The molecule has 3 heteroatoms. The molecule has 0 bridgehead atoms. The van der Waals surface area contributed by atoms with E-state index in [4.69, 9.17) is 0 Å². The van der Waals surface area contributed by atoms with Crippen molar-refractivity contribution in [2.75, 3.05) is 0 Å². The van der Waals surface area contributed by atoms with Crippen LogP contribution in [0.15, 0.2) is 22.7 Å². The number of aliphatic hydroxyl groups excluding tert-OH is 2. The number of halogens is 1. The van der Waals surface area contributed by atoms with E-state index in [0.717, 1.165) is 17.3 Å². The monoisotopic (exact) mass is 314 g/mol. The van der Waals surface area contributed by atoms with E-state index in [1.54, 1.807) is 6.92 Å². The summed E-state index contributed by atoms with van der Waals surface area (Å²) in [4.78, 5) is 0. The SMILES string of the molecule is CCc1ccc(C(CC)CC(O)C(C)O)cc1Br. The zero-order chi connectivity index (χ0) is 13.7. The highest BCUT2D eigenvalue weighted by Gasteiger charge is 2.19. The van der Waals surface area contributed by atoms with Crippen molar-refractivity contribution in [1.29, 1.82) is 0 Å². The van der Waals surface area contributed by atoms with Crippen LogP contribution in [0.2, 0.25) is 0 Å². The van der Waals surface area contributed by atoms with Crippen LogP contribution in [0.25, 0.3) is 0 Å². The van der Waals surface area contributed by atoms with Gasteiger partial charge in [0.2, 0.25) is 0 Å². The van der Waals surface area contributed by atoms with Gasteiger partial charge in [0.1, 0.15) is 0 Å². The Morgan fingerprint density at radius 1 is 1.22 bits per heavy atom. The number of hydrogen-bond donors (Lipinski definition) is 2. The third kappa shape index (κ3) is 4.08. The van der Waals surface area contributed by atoms with Crippen LogP contribution in [0.3, 0.4) is 0 Å². The van der Waals surface area contributed by atoms with E-state index in [1.807, 2.05) is 0 Å². The zero-order valence-electron chi connectivity index (χ0n) is 11.4. The Kier molecular flexibility index (Phi) is 6.33. The average Bonchev–Trinajstić information content (AvgIpc) is 2.35. The van der Waals surface area contributed by atoms with Gasteiger partial charge in [0.15, 0.2) is 0 Å². The largest absolute Gasteiger partial charge is 0.391 e. The molecule has 0 saturated carbocycles. The Labute approximate surface area is 118 Å². The second kappa shape index (κ2) is 7.27. The quantitative estimate of drug-likeness (QED) is 0.841. The van der Waals surface area contributed by atoms with Gasteiger partial charge in [0.25, 0.3) is 0 Å². The minimum Gasteiger partial charge on any atom is -0.391 e. The van der Waals surface area contributed by atoms with Crippen LogP contribution >= 0.6 is 15.9 Å². The van der Waals surface area contributed by atoms with Gasteiger partial charge in [0.05, 0.1) is 12.2 Å². The molecule has 2 nitrogen and oxygen atoms in total. The molecular weight excluding hydrogens is 292 g/mol. The van der Waals surface area contributed by atoms with E-state index in [1.165, 1.54) is 11.1 Å². The van der Waals surface area contributed by atoms with Gasteiger partial charge < -0.3 is 10.2 Å². The summed E-state index contributed by atoms with van der Waals surface area (Å²) < 4.78 is 1.13. The lowest BCUT2D eigenvalue weighted by molar-refractivity contribution is 0.0215. The Bertz CT molecular complexity index is 377. The minimum atomic E-state index is -0.669. The van der Waals surface area contributed by atoms with Gasteiger partial charge in [-0.05, 0) is 49.3 Å². The van der Waals surface area contributed by atoms with Crippen molar-refractivity contribution in [3.63, 3.8) is 0 Å². The highest BCUT2D eigenvalue weighted by molar-refractivity contribution is 9.10. The third-order valence-electron chi connectivity index (χ3n) is 3.51. The summed E-state index contributed by atoms with van der Waals surface area (Å²) in [5, 5.41) is 19.2. The molecule has 1 aromatic rings. The number of aliphatic hydroxyl groups is 2. The molecule has 18 heavy (non-hydrogen) atoms. The van der Waals surface area contributed by atoms with Gasteiger partial charge in [-0.3, -0.25) is 0 Å². The van der Waals surface area contributed by atoms with Gasteiger partial charge in [-0.25, -0.2) is 0 Å². The van der Waals surface area contributed by atoms with Crippen LogP contribution < -0.4 is 0 Å². The minimum absolute atomic E-state index is 0.289. The van der Waals surface area contributed by atoms with Crippen LogP contribution in [0, 0.1) is 0 Å². The number of benzene rings is 1. The van der Waals surface area contributed by atoms with Crippen LogP contribution in [0.5, 0.6) is 0 Å². The van der Waals surface area contributed by atoms with Crippen LogP contribution in [0.1, 0.15) is 50.7 Å². The topological polar surface area (TPSA) is 40.5 Å². The summed E-state index contributed by atoms with van der Waals surface area (Å²) in [7, 11) is 0. The fourth-order valence-corrected chi connectivity index (χ4v) is 2.81. The predicted octanol–water partition coefficient (Wildman–Crippen LogP) is 3.64. The summed E-state index contributed by atoms with van der Waals surface area (Å²) in [6, 6.07) is 6.41. The van der Waals surface area contributed by atoms with Gasteiger partial charge in [-0.1, -0.05) is 41.9 Å². The highest BCUT2D eigenvalue weighted by Crippen LogP contribution is 2.29. The first kappa shape index (κ1) is 15.7. The van der Waals surface area contributed by atoms with Crippen LogP contribution in [-0.4, -0.2) is 22.4 Å². The third-order valence-corrected chi connectivity index (χ3v) is 4.24. The molecule has 0 aromatic heterocycles. The van der Waals surface area contributed by atoms with Crippen molar-refractivity contribution < 1.29 is 10.2 Å². The smallest absolute Gasteiger partial charge is 0.0802 e. The van der Waals surface area contributed by atoms with Crippen LogP contribution in [-0.2, 0) is 6.42 Å². The molecule has 0 aliphatic rings. The first-order chi connectivity index (χ1) is 8.49. The predicted molar refractivity (Wildman–Crippen MR) is 78.9 cm³/mol. The second-order valence-electron chi connectivity index (χ2n) is 4.85. The Morgan fingerprint density at radius 2 is 1.89 bits per heavy atom. The lowest BCUT2D eigenvalue weighted by Crippen LogP contribution is -2.24. The fourth-order valence-electron chi connectivity index (χ4n) is 2.13. The lowest BCUT2D eigenvalue weighted by Gasteiger charge is -2.21. The molecule has 102 valence electrons. The molecule has 1 rings (SSSR count). The molecule has 3 unspecified atom stereocenters. The van der Waals surface area contributed by atoms with Gasteiger partial charge in [-0.15, -0.1) is 0 Å². The van der Waals surface area contributed by atoms with E-state index in [-0.39, 0.29) is 5.92 Å². The summed E-state index contributed by atoms with van der Waals surface area (Å²) in [5.74, 6) is 0.289. The number of hydrogen-bond acceptors (Lipinski definition) is 2. The van der Waals surface area contributed by atoms with Crippen molar-refractivity contribution >= 4 is 15.9 Å². The Hall–Kier alpha value is -0.380. The lowest BCUT2D eigenvalue weighted by atomic mass is 9.89. The van der Waals surface area contributed by atoms with Crippen molar-refractivity contribution in [2.24, 2.45) is 0 Å². The van der Waals surface area contributed by atoms with Gasteiger partial charge >= 0.3 is 0 Å². The zero-order valence-corrected chi connectivity index (χ0v) is 12.9. The molecular formula is C15H23BrO2. The van der Waals surface area contributed by atoms with E-state index in [0.29, 0.717) is 6.42 Å². The average molecular weight is 315 g/mol. The standard InChI is InChI=1S/C15H23BrO2/c1-4-11-6-7-13(8-14(11)16)12(5-2)9-15(18)10(3)17/h6-8,10,12,15,17-18H,4-5,9H2,1-3H3. The summed E-state index contributed by atoms with van der Waals surface area (Å²) in [6.07, 6.45) is 1.25. The van der Waals surface area contributed by atoms with Crippen molar-refractivity contribution in [1.82, 2.24) is 0 Å². The van der Waals surface area contributed by atoms with E-state index in [9.17, 15) is 10.2 Å². The first-order valence-corrected chi connectivity index (χ1v) is 7.43. The van der Waals surface area contributed by atoms with E-state index >= 15 is 0 Å². The molecule has 0 amide bonds. The summed E-state index contributed by atoms with van der Waals surface area (Å²) in [6.45, 7) is 5.88. The normalized spacial score (nSPS) is 16.3. The molecule has 2 N–H and O–H groups in total. The molecule has 1 aromatic carbocycles. The van der Waals surface area contributed by atoms with Crippen LogP contribution in [0.4, 0.5) is 0 Å². The molecule has 0 aliphatic carbocycles. The van der Waals surface area contributed by atoms with Crippen molar-refractivity contribution in [3.05, 3.63) is 33.8 Å². The molecule has 0 saturated heterocycles. The number of rotatable bonds is 6. The van der Waals surface area contributed by atoms with Crippen molar-refractivity contribution in [2.45, 2.75) is 58.2 Å². The first-order valence-electron chi connectivity index (χ1n) is 6.64. The summed E-state index contributed by atoms with van der Waals surface area (Å²) in [5.41, 5.74) is 2.52. The van der Waals surface area contributed by atoms with Crippen molar-refractivity contribution in [3.8, 4) is 0 Å².